The Labute approximate surface area is 208 Å². The van der Waals surface area contributed by atoms with E-state index in [-0.39, 0.29) is 18.5 Å². The summed E-state index contributed by atoms with van der Waals surface area (Å²) in [6, 6.07) is 1.57. The number of alkyl carbamates (subject to hydrolysis) is 1. The molecule has 1 unspecified atom stereocenters. The number of aliphatic imine (C=N–C) groups is 1. The number of guanidine groups is 1. The van der Waals surface area contributed by atoms with E-state index in [4.69, 9.17) is 9.47 Å². The van der Waals surface area contributed by atoms with Crippen LogP contribution in [-0.4, -0.2) is 91.9 Å². The molecule has 192 valence electrons. The lowest BCUT2D eigenvalue weighted by atomic mass is 9.88. The molecular weight excluding hydrogens is 448 g/mol. The van der Waals surface area contributed by atoms with Crippen molar-refractivity contribution in [1.29, 1.82) is 5.26 Å². The summed E-state index contributed by atoms with van der Waals surface area (Å²) in [5, 5.41) is 15.6. The first-order valence-corrected chi connectivity index (χ1v) is 12.1. The highest BCUT2D eigenvalue weighted by molar-refractivity contribution is 5.96. The fourth-order valence-electron chi connectivity index (χ4n) is 3.98. The smallest absolute Gasteiger partial charge is 0.413 e. The lowest BCUT2D eigenvalue weighted by Crippen LogP contribution is -2.57. The number of hydrogen-bond donors (Lipinski definition) is 2. The molecule has 0 saturated carbocycles. The van der Waals surface area contributed by atoms with E-state index in [0.717, 1.165) is 12.1 Å². The number of morpholine rings is 1. The Kier molecular flexibility index (Phi) is 11.5. The number of nitriles is 1. The maximum absolute atomic E-state index is 13.2. The number of ether oxygens (including phenoxy) is 2. The van der Waals surface area contributed by atoms with Gasteiger partial charge in [-0.2, -0.15) is 5.26 Å². The molecule has 2 aliphatic heterocycles. The molecular formula is C25H38N6O4. The van der Waals surface area contributed by atoms with E-state index < -0.39 is 17.7 Å². The first-order valence-electron chi connectivity index (χ1n) is 12.1. The van der Waals surface area contributed by atoms with Crippen LogP contribution in [0.5, 0.6) is 0 Å². The average molecular weight is 487 g/mol. The molecule has 10 nitrogen and oxygen atoms in total. The van der Waals surface area contributed by atoms with Crippen LogP contribution in [0.4, 0.5) is 4.79 Å². The second-order valence-electron chi connectivity index (χ2n) is 8.46. The zero-order chi connectivity index (χ0) is 25.7. The molecule has 2 heterocycles. The van der Waals surface area contributed by atoms with Gasteiger partial charge in [0.2, 0.25) is 11.9 Å². The van der Waals surface area contributed by atoms with Gasteiger partial charge in [-0.15, -0.1) is 0 Å². The lowest BCUT2D eigenvalue weighted by molar-refractivity contribution is -0.124. The third kappa shape index (κ3) is 8.53. The topological polar surface area (TPSA) is 119 Å². The van der Waals surface area contributed by atoms with Crippen LogP contribution in [0.2, 0.25) is 0 Å². The van der Waals surface area contributed by atoms with Crippen LogP contribution in [0.3, 0.4) is 0 Å². The number of carbonyl (C=O) groups is 2. The number of nitrogens with one attached hydrogen (secondary N) is 2. The fourth-order valence-corrected chi connectivity index (χ4v) is 3.98. The summed E-state index contributed by atoms with van der Waals surface area (Å²) in [7, 11) is 0. The van der Waals surface area contributed by atoms with Crippen molar-refractivity contribution in [3.63, 3.8) is 0 Å². The molecule has 1 atom stereocenters. The molecule has 2 aliphatic rings. The van der Waals surface area contributed by atoms with Crippen molar-refractivity contribution in [2.75, 3.05) is 52.5 Å². The van der Waals surface area contributed by atoms with E-state index in [0.29, 0.717) is 58.7 Å². The lowest BCUT2D eigenvalue weighted by Gasteiger charge is -2.38. The Morgan fingerprint density at radius 1 is 1.23 bits per heavy atom. The molecule has 2 saturated heterocycles. The highest BCUT2D eigenvalue weighted by Crippen LogP contribution is 2.23. The van der Waals surface area contributed by atoms with E-state index in [1.54, 1.807) is 19.1 Å². The number of rotatable bonds is 9. The third-order valence-electron chi connectivity index (χ3n) is 6.05. The van der Waals surface area contributed by atoms with Crippen molar-refractivity contribution in [3.05, 3.63) is 37.0 Å². The summed E-state index contributed by atoms with van der Waals surface area (Å²) >= 11 is 0. The summed E-state index contributed by atoms with van der Waals surface area (Å²) < 4.78 is 10.4. The second-order valence-corrected chi connectivity index (χ2v) is 8.46. The van der Waals surface area contributed by atoms with Gasteiger partial charge in [-0.25, -0.2) is 9.79 Å². The molecule has 2 fully saturated rings. The number of piperidine rings is 1. The van der Waals surface area contributed by atoms with E-state index in [2.05, 4.69) is 39.8 Å². The molecule has 2 amide bonds. The van der Waals surface area contributed by atoms with Crippen molar-refractivity contribution >= 4 is 18.0 Å². The van der Waals surface area contributed by atoms with Crippen LogP contribution in [0.15, 0.2) is 42.0 Å². The molecule has 0 aromatic carbocycles. The molecule has 10 heteroatoms. The Hall–Kier alpha value is -3.16. The minimum atomic E-state index is -0.958. The maximum atomic E-state index is 13.2. The Morgan fingerprint density at radius 3 is 2.46 bits per heavy atom. The third-order valence-corrected chi connectivity index (χ3v) is 6.05. The quantitative estimate of drug-likeness (QED) is 0.290. The SMILES string of the molecule is C=C/C=C(\C=C)CN1CCC(C#N)(NC(=O)C(CC)N=C(NC(=O)OCC)N2CCOCC2)CC1. The van der Waals surface area contributed by atoms with Crippen LogP contribution < -0.4 is 10.6 Å². The number of hydrogen-bond acceptors (Lipinski definition) is 7. The van der Waals surface area contributed by atoms with E-state index in [1.807, 2.05) is 17.9 Å². The Morgan fingerprint density at radius 2 is 1.91 bits per heavy atom. The van der Waals surface area contributed by atoms with Crippen LogP contribution in [0.25, 0.3) is 0 Å². The first kappa shape index (κ1) is 28.1. The van der Waals surface area contributed by atoms with Gasteiger partial charge in [0.15, 0.2) is 0 Å². The molecule has 0 aromatic rings. The van der Waals surface area contributed by atoms with Crippen LogP contribution in [0.1, 0.15) is 33.1 Å². The van der Waals surface area contributed by atoms with Gasteiger partial charge in [0, 0.05) is 32.7 Å². The molecule has 2 N–H and O–H groups in total. The predicted octanol–water partition coefficient (Wildman–Crippen LogP) is 1.97. The van der Waals surface area contributed by atoms with Gasteiger partial charge in [0.05, 0.1) is 25.9 Å². The van der Waals surface area contributed by atoms with Gasteiger partial charge in [0.25, 0.3) is 0 Å². The molecule has 0 aliphatic carbocycles. The van der Waals surface area contributed by atoms with Crippen LogP contribution >= 0.6 is 0 Å². The van der Waals surface area contributed by atoms with Crippen molar-refractivity contribution in [3.8, 4) is 6.07 Å². The largest absolute Gasteiger partial charge is 0.450 e. The molecule has 0 spiro atoms. The number of allylic oxidation sites excluding steroid dienone is 2. The summed E-state index contributed by atoms with van der Waals surface area (Å²) in [4.78, 5) is 34.0. The molecule has 2 rings (SSSR count). The van der Waals surface area contributed by atoms with Gasteiger partial charge in [0.1, 0.15) is 11.6 Å². The highest BCUT2D eigenvalue weighted by atomic mass is 16.5. The van der Waals surface area contributed by atoms with Crippen molar-refractivity contribution in [2.45, 2.75) is 44.7 Å². The molecule has 0 bridgehead atoms. The Bertz CT molecular complexity index is 849. The fraction of sp³-hybridized carbons (Fsp3) is 0.600. The summed E-state index contributed by atoms with van der Waals surface area (Å²) in [5.41, 5.74) is 0.0967. The minimum Gasteiger partial charge on any atom is -0.450 e. The maximum Gasteiger partial charge on any atom is 0.413 e. The highest BCUT2D eigenvalue weighted by Gasteiger charge is 2.37. The predicted molar refractivity (Wildman–Crippen MR) is 135 cm³/mol. The zero-order valence-corrected chi connectivity index (χ0v) is 20.9. The first-order chi connectivity index (χ1) is 16.9. The van der Waals surface area contributed by atoms with E-state index in [9.17, 15) is 14.9 Å². The molecule has 0 aromatic heterocycles. The summed E-state index contributed by atoms with van der Waals surface area (Å²) in [5.74, 6) is -0.0576. The van der Waals surface area contributed by atoms with Crippen molar-refractivity contribution < 1.29 is 19.1 Å². The number of likely N-dealkylation sites (tertiary alicyclic amines) is 1. The van der Waals surface area contributed by atoms with Crippen molar-refractivity contribution in [2.24, 2.45) is 4.99 Å². The van der Waals surface area contributed by atoms with Gasteiger partial charge in [-0.3, -0.25) is 15.0 Å². The standard InChI is InChI=1S/C25H38N6O4/c1-5-9-20(6-2)18-30-12-10-25(19-26,11-13-30)29-22(32)21(7-3)27-23(28-24(33)35-8-4)31-14-16-34-17-15-31/h5-6,9,21H,1-2,7-8,10-18H2,3-4H3,(H,29,32)(H,27,28,33)/b20-9+. The number of carbonyl (C=O) groups excluding carboxylic acids is 2. The summed E-state index contributed by atoms with van der Waals surface area (Å²) in [6.07, 6.45) is 6.24. The number of nitrogens with zero attached hydrogens (tertiary/aromatic N) is 4. The van der Waals surface area contributed by atoms with Gasteiger partial charge < -0.3 is 19.7 Å². The molecule has 0 radical (unpaired) electrons. The Balaban J connectivity index is 2.10. The normalized spacial score (nSPS) is 19.7. The van der Waals surface area contributed by atoms with Gasteiger partial charge in [-0.1, -0.05) is 38.3 Å². The van der Waals surface area contributed by atoms with Crippen molar-refractivity contribution in [1.82, 2.24) is 20.4 Å². The van der Waals surface area contributed by atoms with Gasteiger partial charge in [-0.05, 0) is 31.8 Å². The number of amides is 2. The minimum absolute atomic E-state index is 0.222. The molecule has 35 heavy (non-hydrogen) atoms. The van der Waals surface area contributed by atoms with E-state index in [1.165, 1.54) is 0 Å². The average Bonchev–Trinajstić information content (AvgIpc) is 2.88. The van der Waals surface area contributed by atoms with Gasteiger partial charge >= 0.3 is 6.09 Å². The monoisotopic (exact) mass is 486 g/mol. The second kappa shape index (κ2) is 14.3. The van der Waals surface area contributed by atoms with E-state index >= 15 is 0 Å². The summed E-state index contributed by atoms with van der Waals surface area (Å²) in [6.45, 7) is 15.5. The zero-order valence-electron chi connectivity index (χ0n) is 20.9. The van der Waals surface area contributed by atoms with Crippen LogP contribution in [-0.2, 0) is 14.3 Å². The van der Waals surface area contributed by atoms with Crippen LogP contribution in [0, 0.1) is 11.3 Å².